The molecule has 2 saturated heterocycles. The van der Waals surface area contributed by atoms with E-state index in [4.69, 9.17) is 4.74 Å². The first kappa shape index (κ1) is 11.4. The molecule has 0 bridgehead atoms. The Morgan fingerprint density at radius 3 is 2.73 bits per heavy atom. The molecule has 2 aliphatic rings. The van der Waals surface area contributed by atoms with E-state index in [0.29, 0.717) is 12.1 Å². The van der Waals surface area contributed by atoms with Gasteiger partial charge in [-0.2, -0.15) is 0 Å². The van der Waals surface area contributed by atoms with Crippen LogP contribution in [0.3, 0.4) is 0 Å². The summed E-state index contributed by atoms with van der Waals surface area (Å²) >= 11 is 0. The highest BCUT2D eigenvalue weighted by atomic mass is 16.5. The minimum Gasteiger partial charge on any atom is -0.378 e. The molecule has 0 aromatic heterocycles. The molecular weight excluding hydrogens is 188 g/mol. The Bertz CT molecular complexity index is 210. The Kier molecular flexibility index (Phi) is 3.33. The van der Waals surface area contributed by atoms with Crippen molar-refractivity contribution in [1.29, 1.82) is 0 Å². The quantitative estimate of drug-likeness (QED) is 0.708. The van der Waals surface area contributed by atoms with E-state index < -0.39 is 0 Å². The summed E-state index contributed by atoms with van der Waals surface area (Å²) in [6, 6.07) is 1.41. The summed E-state index contributed by atoms with van der Waals surface area (Å²) in [5.74, 6) is 0. The molecule has 15 heavy (non-hydrogen) atoms. The predicted octanol–water partition coefficient (Wildman–Crippen LogP) is 1.24. The first-order valence-electron chi connectivity index (χ1n) is 6.17. The fourth-order valence-corrected chi connectivity index (χ4v) is 2.80. The van der Waals surface area contributed by atoms with E-state index in [1.807, 2.05) is 0 Å². The highest BCUT2D eigenvalue weighted by Crippen LogP contribution is 2.25. The number of rotatable bonds is 1. The van der Waals surface area contributed by atoms with Crippen LogP contribution >= 0.6 is 0 Å². The van der Waals surface area contributed by atoms with Crippen molar-refractivity contribution in [3.63, 3.8) is 0 Å². The maximum atomic E-state index is 5.56. The van der Waals surface area contributed by atoms with Gasteiger partial charge in [0, 0.05) is 30.7 Å². The third kappa shape index (κ3) is 2.52. The number of ether oxygens (including phenoxy) is 1. The van der Waals surface area contributed by atoms with Crippen molar-refractivity contribution in [1.82, 2.24) is 10.2 Å². The summed E-state index contributed by atoms with van der Waals surface area (Å²) < 4.78 is 5.56. The molecule has 0 saturated carbocycles. The van der Waals surface area contributed by atoms with E-state index in [0.717, 1.165) is 26.3 Å². The average Bonchev–Trinajstić information content (AvgIpc) is 2.19. The SMILES string of the molecule is CC1CCC(N2CCOCC2(C)C)CN1. The number of nitrogens with zero attached hydrogens (tertiary/aromatic N) is 1. The first-order chi connectivity index (χ1) is 7.09. The van der Waals surface area contributed by atoms with Gasteiger partial charge < -0.3 is 10.1 Å². The van der Waals surface area contributed by atoms with Gasteiger partial charge in [0.2, 0.25) is 0 Å². The van der Waals surface area contributed by atoms with E-state index in [-0.39, 0.29) is 5.54 Å². The summed E-state index contributed by atoms with van der Waals surface area (Å²) in [4.78, 5) is 2.63. The lowest BCUT2D eigenvalue weighted by molar-refractivity contribution is -0.0766. The van der Waals surface area contributed by atoms with Crippen LogP contribution < -0.4 is 5.32 Å². The van der Waals surface area contributed by atoms with Crippen molar-refractivity contribution in [3.05, 3.63) is 0 Å². The smallest absolute Gasteiger partial charge is 0.0645 e. The highest BCUT2D eigenvalue weighted by Gasteiger charge is 2.36. The fraction of sp³-hybridized carbons (Fsp3) is 1.00. The second-order valence-corrected chi connectivity index (χ2v) is 5.60. The number of hydrogen-bond donors (Lipinski definition) is 1. The van der Waals surface area contributed by atoms with E-state index in [1.165, 1.54) is 12.8 Å². The lowest BCUT2D eigenvalue weighted by Gasteiger charge is -2.48. The van der Waals surface area contributed by atoms with Gasteiger partial charge in [0.05, 0.1) is 13.2 Å². The van der Waals surface area contributed by atoms with Crippen LogP contribution in [0.2, 0.25) is 0 Å². The summed E-state index contributed by atoms with van der Waals surface area (Å²) in [5.41, 5.74) is 0.213. The number of piperidine rings is 1. The zero-order chi connectivity index (χ0) is 10.9. The molecule has 3 nitrogen and oxygen atoms in total. The number of hydrogen-bond acceptors (Lipinski definition) is 3. The Morgan fingerprint density at radius 1 is 1.33 bits per heavy atom. The minimum atomic E-state index is 0.213. The lowest BCUT2D eigenvalue weighted by atomic mass is 9.94. The second kappa shape index (κ2) is 4.40. The topological polar surface area (TPSA) is 24.5 Å². The highest BCUT2D eigenvalue weighted by molar-refractivity contribution is 4.92. The van der Waals surface area contributed by atoms with Crippen LogP contribution in [-0.4, -0.2) is 48.8 Å². The van der Waals surface area contributed by atoms with Crippen LogP contribution in [0.4, 0.5) is 0 Å². The third-order valence-corrected chi connectivity index (χ3v) is 3.78. The van der Waals surface area contributed by atoms with Crippen LogP contribution in [0, 0.1) is 0 Å². The van der Waals surface area contributed by atoms with Crippen molar-refractivity contribution in [3.8, 4) is 0 Å². The molecule has 2 aliphatic heterocycles. The van der Waals surface area contributed by atoms with Gasteiger partial charge in [-0.25, -0.2) is 0 Å². The lowest BCUT2D eigenvalue weighted by Crippen LogP contribution is -2.61. The standard InChI is InChI=1S/C12H24N2O/c1-10-4-5-11(8-13-10)14-6-7-15-9-12(14,2)3/h10-11,13H,4-9H2,1-3H3. The summed E-state index contributed by atoms with van der Waals surface area (Å²) in [6.45, 7) is 10.9. The number of morpholine rings is 1. The van der Waals surface area contributed by atoms with Gasteiger partial charge in [-0.1, -0.05) is 0 Å². The van der Waals surface area contributed by atoms with Crippen LogP contribution in [-0.2, 0) is 4.74 Å². The first-order valence-corrected chi connectivity index (χ1v) is 6.17. The van der Waals surface area contributed by atoms with Crippen molar-refractivity contribution < 1.29 is 4.74 Å². The maximum absolute atomic E-state index is 5.56. The van der Waals surface area contributed by atoms with E-state index in [2.05, 4.69) is 31.0 Å². The molecule has 2 heterocycles. The summed E-state index contributed by atoms with van der Waals surface area (Å²) in [6.07, 6.45) is 2.63. The second-order valence-electron chi connectivity index (χ2n) is 5.60. The summed E-state index contributed by atoms with van der Waals surface area (Å²) in [7, 11) is 0. The Hall–Kier alpha value is -0.120. The zero-order valence-electron chi connectivity index (χ0n) is 10.3. The Balaban J connectivity index is 1.96. The molecule has 3 heteroatoms. The van der Waals surface area contributed by atoms with E-state index in [9.17, 15) is 0 Å². The Labute approximate surface area is 93.2 Å². The van der Waals surface area contributed by atoms with Gasteiger partial charge in [-0.05, 0) is 33.6 Å². The molecular formula is C12H24N2O. The van der Waals surface area contributed by atoms with Crippen molar-refractivity contribution >= 4 is 0 Å². The maximum Gasteiger partial charge on any atom is 0.0645 e. The van der Waals surface area contributed by atoms with E-state index >= 15 is 0 Å². The molecule has 2 rings (SSSR count). The molecule has 1 N–H and O–H groups in total. The zero-order valence-corrected chi connectivity index (χ0v) is 10.3. The minimum absolute atomic E-state index is 0.213. The van der Waals surface area contributed by atoms with Gasteiger partial charge in [0.15, 0.2) is 0 Å². The largest absolute Gasteiger partial charge is 0.378 e. The molecule has 2 unspecified atom stereocenters. The van der Waals surface area contributed by atoms with Gasteiger partial charge in [0.1, 0.15) is 0 Å². The molecule has 0 aliphatic carbocycles. The van der Waals surface area contributed by atoms with Gasteiger partial charge >= 0.3 is 0 Å². The molecule has 0 aromatic rings. The van der Waals surface area contributed by atoms with Crippen molar-refractivity contribution in [2.24, 2.45) is 0 Å². The molecule has 88 valence electrons. The molecule has 2 atom stereocenters. The molecule has 2 fully saturated rings. The number of nitrogens with one attached hydrogen (secondary N) is 1. The van der Waals surface area contributed by atoms with Gasteiger partial charge in [-0.3, -0.25) is 4.90 Å². The molecule has 0 radical (unpaired) electrons. The van der Waals surface area contributed by atoms with Gasteiger partial charge in [0.25, 0.3) is 0 Å². The average molecular weight is 212 g/mol. The van der Waals surface area contributed by atoms with Crippen LogP contribution in [0.5, 0.6) is 0 Å². The van der Waals surface area contributed by atoms with Gasteiger partial charge in [-0.15, -0.1) is 0 Å². The molecule has 0 aromatic carbocycles. The fourth-order valence-electron chi connectivity index (χ4n) is 2.80. The van der Waals surface area contributed by atoms with Crippen LogP contribution in [0.1, 0.15) is 33.6 Å². The Morgan fingerprint density at radius 2 is 2.13 bits per heavy atom. The van der Waals surface area contributed by atoms with Crippen molar-refractivity contribution in [2.75, 3.05) is 26.3 Å². The monoisotopic (exact) mass is 212 g/mol. The normalized spacial score (nSPS) is 37.8. The molecule has 0 amide bonds. The van der Waals surface area contributed by atoms with Crippen molar-refractivity contribution in [2.45, 2.75) is 51.2 Å². The summed E-state index contributed by atoms with van der Waals surface area (Å²) in [5, 5.41) is 3.58. The third-order valence-electron chi connectivity index (χ3n) is 3.78. The van der Waals surface area contributed by atoms with E-state index in [1.54, 1.807) is 0 Å². The van der Waals surface area contributed by atoms with Crippen LogP contribution in [0.25, 0.3) is 0 Å². The van der Waals surface area contributed by atoms with Crippen LogP contribution in [0.15, 0.2) is 0 Å². The molecule has 0 spiro atoms. The predicted molar refractivity (Wildman–Crippen MR) is 62.1 cm³/mol.